The summed E-state index contributed by atoms with van der Waals surface area (Å²) in [7, 11) is 0. The zero-order valence-electron chi connectivity index (χ0n) is 15.1. The van der Waals surface area contributed by atoms with E-state index >= 15 is 0 Å². The van der Waals surface area contributed by atoms with E-state index in [2.05, 4.69) is 10.6 Å². The van der Waals surface area contributed by atoms with Crippen LogP contribution in [-0.4, -0.2) is 36.1 Å². The second kappa shape index (κ2) is 7.13. The van der Waals surface area contributed by atoms with Gasteiger partial charge < -0.3 is 20.1 Å². The molecule has 2 aromatic carbocycles. The van der Waals surface area contributed by atoms with Crippen LogP contribution < -0.4 is 20.1 Å². The van der Waals surface area contributed by atoms with Gasteiger partial charge in [-0.3, -0.25) is 14.5 Å². The van der Waals surface area contributed by atoms with E-state index < -0.39 is 29.9 Å². The predicted molar refractivity (Wildman–Crippen MR) is 105 cm³/mol. The minimum absolute atomic E-state index is 0.112. The molecule has 4 amide bonds. The topological polar surface area (TPSA) is 97.0 Å². The van der Waals surface area contributed by atoms with Crippen LogP contribution in [0.15, 0.2) is 36.4 Å². The number of rotatable bonds is 4. The van der Waals surface area contributed by atoms with Crippen molar-refractivity contribution in [1.82, 2.24) is 10.2 Å². The molecular formula is C19H15Cl2N3O5. The molecule has 0 radical (unpaired) electrons. The fraction of sp³-hybridized carbons (Fsp3) is 0.211. The maximum absolute atomic E-state index is 13.0. The van der Waals surface area contributed by atoms with E-state index in [9.17, 15) is 14.4 Å². The third-order valence-electron chi connectivity index (χ3n) is 4.70. The Bertz CT molecular complexity index is 1040. The summed E-state index contributed by atoms with van der Waals surface area (Å²) in [5.74, 6) is -0.0539. The standard InChI is InChI=1S/C19H15Cl2N3O5/c1-19(12-4-2-10(20)6-13(12)21)17(26)24(18(27)23-19)8-16(25)22-11-3-5-14-15(7-11)29-9-28-14/h2-7H,8-9H2,1H3,(H,22,25)(H,23,27)/t19-/m1/s1. The van der Waals surface area contributed by atoms with Gasteiger partial charge in [0, 0.05) is 27.4 Å². The molecule has 2 heterocycles. The highest BCUT2D eigenvalue weighted by molar-refractivity contribution is 6.35. The number of nitrogens with zero attached hydrogens (tertiary/aromatic N) is 1. The molecule has 2 aliphatic rings. The average molecular weight is 436 g/mol. The van der Waals surface area contributed by atoms with Crippen LogP contribution in [0.4, 0.5) is 10.5 Å². The number of halogens is 2. The second-order valence-electron chi connectivity index (χ2n) is 6.69. The number of hydrogen-bond acceptors (Lipinski definition) is 5. The van der Waals surface area contributed by atoms with Gasteiger partial charge >= 0.3 is 6.03 Å². The molecule has 29 heavy (non-hydrogen) atoms. The highest BCUT2D eigenvalue weighted by Crippen LogP contribution is 2.36. The van der Waals surface area contributed by atoms with Crippen molar-refractivity contribution in [2.45, 2.75) is 12.5 Å². The summed E-state index contributed by atoms with van der Waals surface area (Å²) < 4.78 is 10.5. The maximum atomic E-state index is 13.0. The number of urea groups is 1. The van der Waals surface area contributed by atoms with Gasteiger partial charge in [0.2, 0.25) is 12.7 Å². The largest absolute Gasteiger partial charge is 0.454 e. The maximum Gasteiger partial charge on any atom is 0.325 e. The van der Waals surface area contributed by atoms with Crippen LogP contribution in [0, 0.1) is 0 Å². The van der Waals surface area contributed by atoms with Crippen molar-refractivity contribution in [3.8, 4) is 11.5 Å². The van der Waals surface area contributed by atoms with E-state index in [0.717, 1.165) is 4.90 Å². The van der Waals surface area contributed by atoms with Crippen LogP contribution in [0.3, 0.4) is 0 Å². The van der Waals surface area contributed by atoms with Gasteiger partial charge in [0.25, 0.3) is 5.91 Å². The van der Waals surface area contributed by atoms with Crippen molar-refractivity contribution in [3.63, 3.8) is 0 Å². The molecule has 10 heteroatoms. The molecule has 0 spiro atoms. The first-order valence-corrected chi connectivity index (χ1v) is 9.32. The smallest absolute Gasteiger partial charge is 0.325 e. The van der Waals surface area contributed by atoms with Crippen molar-refractivity contribution in [2.75, 3.05) is 18.7 Å². The lowest BCUT2D eigenvalue weighted by Gasteiger charge is -2.23. The lowest BCUT2D eigenvalue weighted by Crippen LogP contribution is -2.42. The van der Waals surface area contributed by atoms with Crippen LogP contribution in [0.1, 0.15) is 12.5 Å². The van der Waals surface area contributed by atoms with Crippen molar-refractivity contribution < 1.29 is 23.9 Å². The molecule has 8 nitrogen and oxygen atoms in total. The summed E-state index contributed by atoms with van der Waals surface area (Å²) >= 11 is 12.1. The van der Waals surface area contributed by atoms with Crippen LogP contribution in [0.2, 0.25) is 10.0 Å². The minimum Gasteiger partial charge on any atom is -0.454 e. The van der Waals surface area contributed by atoms with Crippen molar-refractivity contribution >= 4 is 46.7 Å². The number of amides is 4. The molecular weight excluding hydrogens is 421 g/mol. The number of ether oxygens (including phenoxy) is 2. The zero-order valence-corrected chi connectivity index (χ0v) is 16.6. The van der Waals surface area contributed by atoms with Crippen molar-refractivity contribution in [2.24, 2.45) is 0 Å². The van der Waals surface area contributed by atoms with Crippen molar-refractivity contribution in [3.05, 3.63) is 52.0 Å². The molecule has 0 bridgehead atoms. The zero-order chi connectivity index (χ0) is 20.8. The number of benzene rings is 2. The van der Waals surface area contributed by atoms with E-state index in [-0.39, 0.29) is 11.8 Å². The van der Waals surface area contributed by atoms with Crippen LogP contribution in [0.5, 0.6) is 11.5 Å². The fourth-order valence-electron chi connectivity index (χ4n) is 3.24. The van der Waals surface area contributed by atoms with Gasteiger partial charge in [-0.1, -0.05) is 29.3 Å². The Morgan fingerprint density at radius 2 is 1.93 bits per heavy atom. The van der Waals surface area contributed by atoms with Crippen LogP contribution >= 0.6 is 23.2 Å². The highest BCUT2D eigenvalue weighted by Gasteiger charge is 2.50. The SMILES string of the molecule is C[C@]1(c2ccc(Cl)cc2Cl)NC(=O)N(CC(=O)Nc2ccc3c(c2)OCO3)C1=O. The number of anilines is 1. The fourth-order valence-corrected chi connectivity index (χ4v) is 3.83. The van der Waals surface area contributed by atoms with E-state index in [0.29, 0.717) is 27.8 Å². The summed E-state index contributed by atoms with van der Waals surface area (Å²) in [5, 5.41) is 5.88. The molecule has 2 aliphatic heterocycles. The molecule has 0 aliphatic carbocycles. The molecule has 2 N–H and O–H groups in total. The van der Waals surface area contributed by atoms with E-state index in [4.69, 9.17) is 32.7 Å². The van der Waals surface area contributed by atoms with Gasteiger partial charge in [0.05, 0.1) is 0 Å². The van der Waals surface area contributed by atoms with Crippen LogP contribution in [0.25, 0.3) is 0 Å². The molecule has 1 saturated heterocycles. The Morgan fingerprint density at radius 3 is 2.69 bits per heavy atom. The Morgan fingerprint density at radius 1 is 1.17 bits per heavy atom. The molecule has 2 aromatic rings. The Labute approximate surface area is 175 Å². The first-order chi connectivity index (χ1) is 13.8. The molecule has 0 saturated carbocycles. The summed E-state index contributed by atoms with van der Waals surface area (Å²) in [5.41, 5.74) is -0.562. The lowest BCUT2D eigenvalue weighted by molar-refractivity contribution is -0.133. The average Bonchev–Trinajstić information content (AvgIpc) is 3.20. The third-order valence-corrected chi connectivity index (χ3v) is 5.25. The third kappa shape index (κ3) is 3.45. The molecule has 1 atom stereocenters. The van der Waals surface area contributed by atoms with Gasteiger partial charge in [-0.2, -0.15) is 0 Å². The first-order valence-electron chi connectivity index (χ1n) is 8.57. The molecule has 0 unspecified atom stereocenters. The van der Waals surface area contributed by atoms with Crippen molar-refractivity contribution in [1.29, 1.82) is 0 Å². The molecule has 1 fully saturated rings. The van der Waals surface area contributed by atoms with Gasteiger partial charge in [-0.25, -0.2) is 4.79 Å². The van der Waals surface area contributed by atoms with Gasteiger partial charge in [0.15, 0.2) is 11.5 Å². The first kappa shape index (κ1) is 19.4. The molecule has 150 valence electrons. The molecule has 4 rings (SSSR count). The summed E-state index contributed by atoms with van der Waals surface area (Å²) in [6.07, 6.45) is 0. The highest BCUT2D eigenvalue weighted by atomic mass is 35.5. The van der Waals surface area contributed by atoms with E-state index in [1.807, 2.05) is 0 Å². The Kier molecular flexibility index (Phi) is 4.76. The van der Waals surface area contributed by atoms with E-state index in [1.54, 1.807) is 30.3 Å². The minimum atomic E-state index is -1.40. The number of fused-ring (bicyclic) bond motifs is 1. The predicted octanol–water partition coefficient (Wildman–Crippen LogP) is 3.13. The summed E-state index contributed by atoms with van der Waals surface area (Å²) in [6, 6.07) is 8.83. The Hall–Kier alpha value is -2.97. The van der Waals surface area contributed by atoms with Gasteiger partial charge in [-0.15, -0.1) is 0 Å². The summed E-state index contributed by atoms with van der Waals surface area (Å²) in [6.45, 7) is 1.18. The molecule has 0 aromatic heterocycles. The van der Waals surface area contributed by atoms with Crippen LogP contribution in [-0.2, 0) is 15.1 Å². The number of hydrogen-bond donors (Lipinski definition) is 2. The number of carbonyl (C=O) groups excluding carboxylic acids is 3. The Balaban J connectivity index is 1.49. The number of nitrogens with one attached hydrogen (secondary N) is 2. The summed E-state index contributed by atoms with van der Waals surface area (Å²) in [4.78, 5) is 38.6. The number of carbonyl (C=O) groups is 3. The number of imide groups is 1. The van der Waals surface area contributed by atoms with Gasteiger partial charge in [-0.05, 0) is 31.2 Å². The lowest BCUT2D eigenvalue weighted by atomic mass is 9.92. The van der Waals surface area contributed by atoms with Gasteiger partial charge in [0.1, 0.15) is 12.1 Å². The normalized spacial score (nSPS) is 20.0. The second-order valence-corrected chi connectivity index (χ2v) is 7.53. The monoisotopic (exact) mass is 435 g/mol. The quantitative estimate of drug-likeness (QED) is 0.718. The van der Waals surface area contributed by atoms with E-state index in [1.165, 1.54) is 13.0 Å².